The van der Waals surface area contributed by atoms with Gasteiger partial charge in [-0.2, -0.15) is 0 Å². The summed E-state index contributed by atoms with van der Waals surface area (Å²) in [7, 11) is 0. The molecule has 1 aromatic heterocycles. The summed E-state index contributed by atoms with van der Waals surface area (Å²) in [6.07, 6.45) is 2.85. The number of nitrogens with zero attached hydrogens (tertiary/aromatic N) is 2. The van der Waals surface area contributed by atoms with Gasteiger partial charge in [-0.25, -0.2) is 4.98 Å². The van der Waals surface area contributed by atoms with Gasteiger partial charge in [-0.1, -0.05) is 13.8 Å². The van der Waals surface area contributed by atoms with Crippen LogP contribution in [0.15, 0.2) is 17.3 Å². The van der Waals surface area contributed by atoms with Crippen molar-refractivity contribution in [2.45, 2.75) is 20.4 Å². The fourth-order valence-electron chi connectivity index (χ4n) is 1.07. The number of carbonyl (C=O) groups is 1. The van der Waals surface area contributed by atoms with Gasteiger partial charge >= 0.3 is 0 Å². The Balaban J connectivity index is 2.63. The molecule has 0 aliphatic rings. The smallest absolute Gasteiger partial charge is 0.267 e. The number of aromatic nitrogens is 2. The highest BCUT2D eigenvalue weighted by Crippen LogP contribution is 1.93. The first kappa shape index (κ1) is 13.1. The Morgan fingerprint density at radius 1 is 1.62 bits per heavy atom. The van der Waals surface area contributed by atoms with Crippen LogP contribution in [0.1, 0.15) is 13.8 Å². The average molecular weight is 335 g/mol. The Bertz CT molecular complexity index is 428. The zero-order chi connectivity index (χ0) is 12.1. The first-order valence-electron chi connectivity index (χ1n) is 4.97. The van der Waals surface area contributed by atoms with Gasteiger partial charge in [0.2, 0.25) is 5.91 Å². The summed E-state index contributed by atoms with van der Waals surface area (Å²) in [5, 5.41) is 2.75. The van der Waals surface area contributed by atoms with Gasteiger partial charge in [-0.3, -0.25) is 14.2 Å². The number of carbonyl (C=O) groups excluding carboxylic acids is 1. The summed E-state index contributed by atoms with van der Waals surface area (Å²) in [6, 6.07) is 0. The van der Waals surface area contributed by atoms with Crippen LogP contribution >= 0.6 is 22.6 Å². The van der Waals surface area contributed by atoms with Crippen LogP contribution in [-0.4, -0.2) is 22.0 Å². The molecule has 1 aromatic rings. The van der Waals surface area contributed by atoms with Gasteiger partial charge in [0, 0.05) is 12.7 Å². The molecule has 1 amide bonds. The van der Waals surface area contributed by atoms with Crippen LogP contribution in [0.3, 0.4) is 0 Å². The molecule has 88 valence electrons. The van der Waals surface area contributed by atoms with Crippen molar-refractivity contribution in [2.75, 3.05) is 6.54 Å². The zero-order valence-corrected chi connectivity index (χ0v) is 11.4. The van der Waals surface area contributed by atoms with Crippen LogP contribution < -0.4 is 10.9 Å². The minimum atomic E-state index is -0.185. The van der Waals surface area contributed by atoms with Crippen LogP contribution in [0, 0.1) is 9.49 Å². The molecule has 0 radical (unpaired) electrons. The van der Waals surface area contributed by atoms with E-state index in [2.05, 4.69) is 10.3 Å². The Labute approximate surface area is 107 Å². The predicted molar refractivity (Wildman–Crippen MR) is 69.1 cm³/mol. The molecule has 0 aromatic carbocycles. The van der Waals surface area contributed by atoms with Crippen LogP contribution in [0.25, 0.3) is 0 Å². The van der Waals surface area contributed by atoms with E-state index in [1.807, 2.05) is 36.4 Å². The molecule has 0 atom stereocenters. The largest absolute Gasteiger partial charge is 0.354 e. The van der Waals surface area contributed by atoms with Gasteiger partial charge in [0.1, 0.15) is 6.54 Å². The van der Waals surface area contributed by atoms with E-state index in [0.29, 0.717) is 16.0 Å². The normalized spacial score (nSPS) is 10.5. The minimum absolute atomic E-state index is 0.0232. The third-order valence-corrected chi connectivity index (χ3v) is 2.62. The number of amides is 1. The molecule has 0 unspecified atom stereocenters. The molecule has 0 saturated carbocycles. The van der Waals surface area contributed by atoms with Gasteiger partial charge in [0.15, 0.2) is 0 Å². The summed E-state index contributed by atoms with van der Waals surface area (Å²) in [5.41, 5.74) is -0.185. The monoisotopic (exact) mass is 335 g/mol. The highest BCUT2D eigenvalue weighted by molar-refractivity contribution is 14.1. The Morgan fingerprint density at radius 3 is 2.94 bits per heavy atom. The molecule has 0 fully saturated rings. The summed E-state index contributed by atoms with van der Waals surface area (Å²) >= 11 is 1.90. The van der Waals surface area contributed by atoms with E-state index in [1.54, 1.807) is 0 Å². The molecule has 0 saturated heterocycles. The second-order valence-electron chi connectivity index (χ2n) is 3.87. The van der Waals surface area contributed by atoms with E-state index in [4.69, 9.17) is 0 Å². The summed E-state index contributed by atoms with van der Waals surface area (Å²) in [4.78, 5) is 26.9. The lowest BCUT2D eigenvalue weighted by Crippen LogP contribution is -2.34. The van der Waals surface area contributed by atoms with E-state index in [9.17, 15) is 9.59 Å². The van der Waals surface area contributed by atoms with Crippen LogP contribution in [-0.2, 0) is 11.3 Å². The molecule has 0 spiro atoms. The number of hydrogen-bond donors (Lipinski definition) is 1. The maximum absolute atomic E-state index is 11.6. The highest BCUT2D eigenvalue weighted by atomic mass is 127. The minimum Gasteiger partial charge on any atom is -0.354 e. The number of nitrogens with one attached hydrogen (secondary N) is 1. The third kappa shape index (κ3) is 3.92. The first-order chi connectivity index (χ1) is 7.50. The molecule has 1 rings (SSSR count). The number of halogens is 1. The lowest BCUT2D eigenvalue weighted by atomic mass is 10.2. The van der Waals surface area contributed by atoms with Crippen molar-refractivity contribution < 1.29 is 4.79 Å². The van der Waals surface area contributed by atoms with E-state index < -0.39 is 0 Å². The first-order valence-corrected chi connectivity index (χ1v) is 6.05. The van der Waals surface area contributed by atoms with E-state index in [0.717, 1.165) is 0 Å². The zero-order valence-electron chi connectivity index (χ0n) is 9.24. The van der Waals surface area contributed by atoms with Crippen LogP contribution in [0.4, 0.5) is 0 Å². The molecule has 16 heavy (non-hydrogen) atoms. The Morgan fingerprint density at radius 2 is 2.31 bits per heavy atom. The summed E-state index contributed by atoms with van der Waals surface area (Å²) in [5.74, 6) is 0.231. The topological polar surface area (TPSA) is 64.0 Å². The standard InChI is InChI=1S/C10H14IN3O2/c1-7(2)3-13-9(15)5-14-6-12-4-8(11)10(14)16/h4,6-7H,3,5H2,1-2H3,(H,13,15). The molecule has 0 aliphatic heterocycles. The van der Waals surface area contributed by atoms with Crippen molar-refractivity contribution >= 4 is 28.5 Å². The van der Waals surface area contributed by atoms with E-state index in [-0.39, 0.29) is 18.0 Å². The van der Waals surface area contributed by atoms with Crippen molar-refractivity contribution in [2.24, 2.45) is 5.92 Å². The summed E-state index contributed by atoms with van der Waals surface area (Å²) in [6.45, 7) is 4.67. The lowest BCUT2D eigenvalue weighted by Gasteiger charge is -2.08. The molecule has 1 N–H and O–H groups in total. The molecule has 5 nitrogen and oxygen atoms in total. The maximum atomic E-state index is 11.6. The quantitative estimate of drug-likeness (QED) is 0.821. The van der Waals surface area contributed by atoms with Crippen molar-refractivity contribution in [3.05, 3.63) is 26.4 Å². The SMILES string of the molecule is CC(C)CNC(=O)Cn1cncc(I)c1=O. The highest BCUT2D eigenvalue weighted by Gasteiger charge is 2.06. The van der Waals surface area contributed by atoms with Gasteiger partial charge in [0.25, 0.3) is 5.56 Å². The van der Waals surface area contributed by atoms with Crippen molar-refractivity contribution in [1.82, 2.24) is 14.9 Å². The average Bonchev–Trinajstić information content (AvgIpc) is 2.22. The predicted octanol–water partition coefficient (Wildman–Crippen LogP) is 0.620. The molecular weight excluding hydrogens is 321 g/mol. The van der Waals surface area contributed by atoms with E-state index in [1.165, 1.54) is 17.1 Å². The van der Waals surface area contributed by atoms with Crippen LogP contribution in [0.2, 0.25) is 0 Å². The van der Waals surface area contributed by atoms with Gasteiger partial charge in [-0.15, -0.1) is 0 Å². The molecule has 1 heterocycles. The molecule has 0 bridgehead atoms. The second-order valence-corrected chi connectivity index (χ2v) is 5.03. The second kappa shape index (κ2) is 5.97. The molecule has 0 aliphatic carbocycles. The van der Waals surface area contributed by atoms with Gasteiger partial charge < -0.3 is 5.32 Å². The van der Waals surface area contributed by atoms with Crippen LogP contribution in [0.5, 0.6) is 0 Å². The van der Waals surface area contributed by atoms with Gasteiger partial charge in [0.05, 0.1) is 9.90 Å². The Kier molecular flexibility index (Phi) is 4.91. The van der Waals surface area contributed by atoms with Gasteiger partial charge in [-0.05, 0) is 28.5 Å². The van der Waals surface area contributed by atoms with Crippen molar-refractivity contribution in [3.63, 3.8) is 0 Å². The molecular formula is C10H14IN3O2. The fraction of sp³-hybridized carbons (Fsp3) is 0.500. The lowest BCUT2D eigenvalue weighted by molar-refractivity contribution is -0.121. The van der Waals surface area contributed by atoms with Crippen molar-refractivity contribution in [1.29, 1.82) is 0 Å². The van der Waals surface area contributed by atoms with E-state index >= 15 is 0 Å². The van der Waals surface area contributed by atoms with Crippen molar-refractivity contribution in [3.8, 4) is 0 Å². The number of rotatable bonds is 4. The Hall–Kier alpha value is -0.920. The molecule has 6 heteroatoms. The maximum Gasteiger partial charge on any atom is 0.267 e. The third-order valence-electron chi connectivity index (χ3n) is 1.88. The number of hydrogen-bond acceptors (Lipinski definition) is 3. The summed E-state index contributed by atoms with van der Waals surface area (Å²) < 4.78 is 1.81. The fourth-order valence-corrected chi connectivity index (χ4v) is 1.54.